The van der Waals surface area contributed by atoms with Crippen molar-refractivity contribution < 1.29 is 18.0 Å². The maximum absolute atomic E-state index is 14.4. The molecular weight excluding hydrogens is 641 g/mol. The van der Waals surface area contributed by atoms with Gasteiger partial charge in [0, 0.05) is 33.2 Å². The van der Waals surface area contributed by atoms with Crippen LogP contribution in [-0.2, 0) is 26.2 Å². The van der Waals surface area contributed by atoms with Crippen LogP contribution >= 0.6 is 34.8 Å². The average Bonchev–Trinajstić information content (AvgIpc) is 2.99. The molecule has 1 unspecified atom stereocenters. The molecule has 1 aliphatic rings. The van der Waals surface area contributed by atoms with Gasteiger partial charge in [-0.05, 0) is 92.8 Å². The van der Waals surface area contributed by atoms with Crippen molar-refractivity contribution in [2.45, 2.75) is 82.8 Å². The molecule has 0 bridgehead atoms. The van der Waals surface area contributed by atoms with Crippen molar-refractivity contribution in [2.75, 3.05) is 10.8 Å². The minimum atomic E-state index is -4.22. The highest BCUT2D eigenvalue weighted by Gasteiger charge is 2.35. The van der Waals surface area contributed by atoms with Crippen molar-refractivity contribution in [1.29, 1.82) is 0 Å². The number of carbonyl (C=O) groups excluding carboxylic acids is 2. The van der Waals surface area contributed by atoms with E-state index in [0.29, 0.717) is 32.7 Å². The summed E-state index contributed by atoms with van der Waals surface area (Å²) in [5, 5.41) is 4.21. The molecule has 2 amide bonds. The number of amides is 2. The van der Waals surface area contributed by atoms with Crippen molar-refractivity contribution >= 4 is 62.3 Å². The van der Waals surface area contributed by atoms with Gasteiger partial charge in [0.05, 0.1) is 10.6 Å². The molecule has 0 spiro atoms. The summed E-state index contributed by atoms with van der Waals surface area (Å²) in [6.07, 6.45) is 5.27. The molecule has 0 heterocycles. The lowest BCUT2D eigenvalue weighted by molar-refractivity contribution is -0.140. The quantitative estimate of drug-likeness (QED) is 0.225. The zero-order chi connectivity index (χ0) is 32.0. The first-order valence-corrected chi connectivity index (χ1v) is 17.4. The second-order valence-electron chi connectivity index (χ2n) is 11.2. The molecule has 236 valence electrons. The molecule has 1 saturated carbocycles. The third-order valence-electron chi connectivity index (χ3n) is 8.19. The number of sulfonamides is 1. The number of halogens is 3. The van der Waals surface area contributed by atoms with E-state index in [1.54, 1.807) is 30.3 Å². The van der Waals surface area contributed by atoms with Crippen LogP contribution in [0.5, 0.6) is 0 Å². The van der Waals surface area contributed by atoms with E-state index in [2.05, 4.69) is 5.32 Å². The van der Waals surface area contributed by atoms with Crippen LogP contribution < -0.4 is 9.62 Å². The minimum Gasteiger partial charge on any atom is -0.352 e. The molecule has 3 aromatic carbocycles. The van der Waals surface area contributed by atoms with E-state index in [9.17, 15) is 18.0 Å². The summed E-state index contributed by atoms with van der Waals surface area (Å²) in [5.74, 6) is -0.850. The zero-order valence-electron chi connectivity index (χ0n) is 25.2. The molecule has 3 aromatic rings. The summed E-state index contributed by atoms with van der Waals surface area (Å²) in [4.78, 5) is 29.5. The molecule has 1 atom stereocenters. The van der Waals surface area contributed by atoms with E-state index >= 15 is 0 Å². The van der Waals surface area contributed by atoms with Gasteiger partial charge in [0.25, 0.3) is 10.0 Å². The lowest BCUT2D eigenvalue weighted by Crippen LogP contribution is -2.54. The lowest BCUT2D eigenvalue weighted by Gasteiger charge is -2.35. The predicted molar refractivity (Wildman–Crippen MR) is 178 cm³/mol. The van der Waals surface area contributed by atoms with E-state index in [1.807, 2.05) is 26.8 Å². The smallest absolute Gasteiger partial charge is 0.264 e. The average molecular weight is 679 g/mol. The number of carbonyl (C=O) groups is 2. The van der Waals surface area contributed by atoms with Gasteiger partial charge in [-0.15, -0.1) is 0 Å². The second-order valence-corrected chi connectivity index (χ2v) is 14.3. The van der Waals surface area contributed by atoms with Crippen LogP contribution in [0.3, 0.4) is 0 Å². The van der Waals surface area contributed by atoms with Crippen LogP contribution in [0.25, 0.3) is 0 Å². The zero-order valence-corrected chi connectivity index (χ0v) is 28.2. The van der Waals surface area contributed by atoms with Gasteiger partial charge in [0.15, 0.2) is 0 Å². The Labute approximate surface area is 275 Å². The number of nitrogens with zero attached hydrogens (tertiary/aromatic N) is 2. The fourth-order valence-electron chi connectivity index (χ4n) is 5.46. The molecule has 1 aliphatic carbocycles. The minimum absolute atomic E-state index is 0.0179. The molecule has 1 N–H and O–H groups in total. The number of rotatable bonds is 11. The molecule has 44 heavy (non-hydrogen) atoms. The number of anilines is 1. The first-order chi connectivity index (χ1) is 20.9. The van der Waals surface area contributed by atoms with Crippen LogP contribution in [0.2, 0.25) is 15.1 Å². The van der Waals surface area contributed by atoms with E-state index in [-0.39, 0.29) is 23.4 Å². The van der Waals surface area contributed by atoms with Gasteiger partial charge in [-0.1, -0.05) is 73.1 Å². The Hall–Kier alpha value is -2.78. The predicted octanol–water partition coefficient (Wildman–Crippen LogP) is 7.72. The van der Waals surface area contributed by atoms with Gasteiger partial charge in [0.1, 0.15) is 12.6 Å². The molecule has 0 aliphatic heterocycles. The van der Waals surface area contributed by atoms with Crippen molar-refractivity contribution in [2.24, 2.45) is 0 Å². The van der Waals surface area contributed by atoms with Crippen LogP contribution in [0.15, 0.2) is 65.6 Å². The van der Waals surface area contributed by atoms with Gasteiger partial charge in [-0.2, -0.15) is 0 Å². The monoisotopic (exact) mass is 677 g/mol. The molecule has 1 fully saturated rings. The van der Waals surface area contributed by atoms with Gasteiger partial charge >= 0.3 is 0 Å². The van der Waals surface area contributed by atoms with E-state index in [0.717, 1.165) is 47.5 Å². The Bertz CT molecular complexity index is 1570. The van der Waals surface area contributed by atoms with Gasteiger partial charge in [-0.25, -0.2) is 8.42 Å². The van der Waals surface area contributed by atoms with E-state index < -0.39 is 28.5 Å². The Balaban J connectivity index is 1.76. The van der Waals surface area contributed by atoms with Crippen molar-refractivity contribution in [3.8, 4) is 0 Å². The second kappa shape index (κ2) is 15.0. The van der Waals surface area contributed by atoms with E-state index in [1.165, 1.54) is 29.2 Å². The highest BCUT2D eigenvalue weighted by molar-refractivity contribution is 7.92. The summed E-state index contributed by atoms with van der Waals surface area (Å²) in [6.45, 7) is 5.00. The summed E-state index contributed by atoms with van der Waals surface area (Å²) >= 11 is 19.1. The Kier molecular flexibility index (Phi) is 11.6. The van der Waals surface area contributed by atoms with Gasteiger partial charge in [0.2, 0.25) is 11.8 Å². The largest absolute Gasteiger partial charge is 0.352 e. The van der Waals surface area contributed by atoms with Gasteiger partial charge < -0.3 is 10.2 Å². The standard InChI is InChI=1S/C33H38Cl3N3O4S/c1-4-31(33(41)37-25-9-6-5-7-10-25)38(20-28-29(35)11-8-12-30(28)36)32(40)21-39(26-16-13-22(2)23(3)19-26)44(42,43)27-17-14-24(34)15-18-27/h8,11-19,25,31H,4-7,9-10,20-21H2,1-3H3,(H,37,41). The van der Waals surface area contributed by atoms with Crippen molar-refractivity contribution in [3.63, 3.8) is 0 Å². The first kappa shape index (κ1) is 34.1. The molecule has 0 saturated heterocycles. The highest BCUT2D eigenvalue weighted by Crippen LogP contribution is 2.30. The molecular formula is C33H38Cl3N3O4S. The summed E-state index contributed by atoms with van der Waals surface area (Å²) in [6, 6.07) is 15.2. The van der Waals surface area contributed by atoms with Gasteiger partial charge in [-0.3, -0.25) is 13.9 Å². The summed E-state index contributed by atoms with van der Waals surface area (Å²) < 4.78 is 29.3. The van der Waals surface area contributed by atoms with Crippen molar-refractivity contribution in [1.82, 2.24) is 10.2 Å². The summed E-state index contributed by atoms with van der Waals surface area (Å²) in [5.41, 5.74) is 2.65. The Morgan fingerprint density at radius 1 is 0.909 bits per heavy atom. The first-order valence-electron chi connectivity index (χ1n) is 14.8. The van der Waals surface area contributed by atoms with Crippen LogP contribution in [0.1, 0.15) is 62.1 Å². The van der Waals surface area contributed by atoms with Crippen LogP contribution in [0.4, 0.5) is 5.69 Å². The molecule has 4 rings (SSSR count). The number of benzene rings is 3. The summed E-state index contributed by atoms with van der Waals surface area (Å²) in [7, 11) is -4.22. The highest BCUT2D eigenvalue weighted by atomic mass is 35.5. The topological polar surface area (TPSA) is 86.8 Å². The van der Waals surface area contributed by atoms with E-state index in [4.69, 9.17) is 34.8 Å². The molecule has 0 aromatic heterocycles. The normalized spacial score (nSPS) is 14.6. The number of hydrogen-bond acceptors (Lipinski definition) is 4. The Morgan fingerprint density at radius 2 is 1.55 bits per heavy atom. The third-order valence-corrected chi connectivity index (χ3v) is 10.9. The van der Waals surface area contributed by atoms with Crippen LogP contribution in [0, 0.1) is 13.8 Å². The Morgan fingerprint density at radius 3 is 2.14 bits per heavy atom. The SMILES string of the molecule is CCC(C(=O)NC1CCCCC1)N(Cc1c(Cl)cccc1Cl)C(=O)CN(c1ccc(C)c(C)c1)S(=O)(=O)c1ccc(Cl)cc1. The van der Waals surface area contributed by atoms with Crippen molar-refractivity contribution in [3.05, 3.63) is 92.4 Å². The number of nitrogens with one attached hydrogen (secondary N) is 1. The fourth-order valence-corrected chi connectivity index (χ4v) is 7.51. The lowest BCUT2D eigenvalue weighted by atomic mass is 9.95. The molecule has 0 radical (unpaired) electrons. The molecule has 7 nitrogen and oxygen atoms in total. The number of aryl methyl sites for hydroxylation is 2. The maximum atomic E-state index is 14.4. The fraction of sp³-hybridized carbons (Fsp3) is 0.394. The third kappa shape index (κ3) is 8.08. The number of hydrogen-bond donors (Lipinski definition) is 1. The van der Waals surface area contributed by atoms with Crippen LogP contribution in [-0.4, -0.2) is 43.8 Å². The maximum Gasteiger partial charge on any atom is 0.264 e. The molecule has 11 heteroatoms.